The second kappa shape index (κ2) is 5.42. The van der Waals surface area contributed by atoms with E-state index in [-0.39, 0.29) is 5.91 Å². The van der Waals surface area contributed by atoms with Gasteiger partial charge in [-0.25, -0.2) is 4.98 Å². The summed E-state index contributed by atoms with van der Waals surface area (Å²) in [4.78, 5) is 23.1. The molecule has 21 heavy (non-hydrogen) atoms. The summed E-state index contributed by atoms with van der Waals surface area (Å²) in [5, 5.41) is 3.75. The maximum Gasteiger partial charge on any atom is 0.263 e. The van der Waals surface area contributed by atoms with E-state index in [1.165, 1.54) is 22.7 Å². The van der Waals surface area contributed by atoms with Gasteiger partial charge in [-0.1, -0.05) is 0 Å². The highest BCUT2D eigenvalue weighted by Crippen LogP contribution is 2.34. The van der Waals surface area contributed by atoms with Gasteiger partial charge >= 0.3 is 0 Å². The molecule has 5 nitrogen and oxygen atoms in total. The van der Waals surface area contributed by atoms with E-state index < -0.39 is 0 Å². The van der Waals surface area contributed by atoms with Crippen LogP contribution in [-0.2, 0) is 6.54 Å². The molecule has 7 heteroatoms. The fourth-order valence-corrected chi connectivity index (χ4v) is 3.88. The first-order valence-corrected chi connectivity index (χ1v) is 8.07. The number of aromatic nitrogens is 2. The predicted octanol–water partition coefficient (Wildman–Crippen LogP) is 2.88. The zero-order chi connectivity index (χ0) is 15.0. The predicted molar refractivity (Wildman–Crippen MR) is 86.8 cm³/mol. The van der Waals surface area contributed by atoms with Gasteiger partial charge in [0, 0.05) is 22.2 Å². The number of anilines is 1. The van der Waals surface area contributed by atoms with E-state index in [9.17, 15) is 4.79 Å². The van der Waals surface area contributed by atoms with E-state index in [2.05, 4.69) is 15.3 Å². The third kappa shape index (κ3) is 2.62. The lowest BCUT2D eigenvalue weighted by Crippen LogP contribution is -2.22. The number of carbonyl (C=O) groups is 1. The van der Waals surface area contributed by atoms with Crippen LogP contribution >= 0.6 is 22.7 Å². The monoisotopic (exact) mass is 318 g/mol. The number of thiazole rings is 1. The number of pyridine rings is 1. The number of nitrogens with zero attached hydrogens (tertiary/aromatic N) is 2. The van der Waals surface area contributed by atoms with Gasteiger partial charge in [0.2, 0.25) is 0 Å². The number of fused-ring (bicyclic) bond motifs is 1. The average molecular weight is 318 g/mol. The summed E-state index contributed by atoms with van der Waals surface area (Å²) in [7, 11) is 0. The summed E-state index contributed by atoms with van der Waals surface area (Å²) in [5.74, 6) is -0.166. The maximum absolute atomic E-state index is 12.3. The molecule has 0 aliphatic carbocycles. The number of nitrogens with two attached hydrogens (primary N) is 1. The average Bonchev–Trinajstić information content (AvgIpc) is 3.04. The van der Waals surface area contributed by atoms with Gasteiger partial charge in [0.05, 0.1) is 17.7 Å². The van der Waals surface area contributed by atoms with E-state index in [4.69, 9.17) is 5.73 Å². The molecule has 3 heterocycles. The van der Waals surface area contributed by atoms with Crippen molar-refractivity contribution in [2.45, 2.75) is 20.4 Å². The zero-order valence-corrected chi connectivity index (χ0v) is 13.3. The maximum atomic E-state index is 12.3. The molecule has 1 amide bonds. The molecule has 0 atom stereocenters. The molecular weight excluding hydrogens is 304 g/mol. The number of amides is 1. The number of nitrogens with one attached hydrogen (secondary N) is 1. The molecule has 0 aromatic carbocycles. The summed E-state index contributed by atoms with van der Waals surface area (Å²) in [6.07, 6.45) is 1.74. The Labute approximate surface area is 129 Å². The third-order valence-electron chi connectivity index (χ3n) is 3.14. The van der Waals surface area contributed by atoms with Crippen LogP contribution in [0.3, 0.4) is 0 Å². The Kier molecular flexibility index (Phi) is 3.60. The molecule has 0 spiro atoms. The van der Waals surface area contributed by atoms with Gasteiger partial charge in [0.1, 0.15) is 9.71 Å². The van der Waals surface area contributed by atoms with E-state index in [0.717, 1.165) is 26.4 Å². The van der Waals surface area contributed by atoms with E-state index in [0.29, 0.717) is 17.1 Å². The zero-order valence-electron chi connectivity index (χ0n) is 11.6. The van der Waals surface area contributed by atoms with Crippen molar-refractivity contribution in [3.8, 4) is 0 Å². The van der Waals surface area contributed by atoms with Crippen LogP contribution in [0.2, 0.25) is 0 Å². The highest BCUT2D eigenvalue weighted by molar-refractivity contribution is 7.21. The second-order valence-electron chi connectivity index (χ2n) is 4.76. The number of thiophene rings is 1. The molecule has 0 radical (unpaired) electrons. The van der Waals surface area contributed by atoms with Gasteiger partial charge in [0.15, 0.2) is 0 Å². The SMILES string of the molecule is Cc1cc(C)c2c(N)c(C(=O)NCc3cncs3)sc2n1. The Morgan fingerprint density at radius 1 is 1.43 bits per heavy atom. The van der Waals surface area contributed by atoms with Crippen LogP contribution in [0, 0.1) is 13.8 Å². The van der Waals surface area contributed by atoms with Crippen LogP contribution in [-0.4, -0.2) is 15.9 Å². The fourth-order valence-electron chi connectivity index (χ4n) is 2.21. The Bertz CT molecular complexity index is 808. The first kappa shape index (κ1) is 14.0. The van der Waals surface area contributed by atoms with Crippen molar-refractivity contribution in [3.05, 3.63) is 38.8 Å². The van der Waals surface area contributed by atoms with E-state index in [1.807, 2.05) is 19.9 Å². The van der Waals surface area contributed by atoms with Crippen molar-refractivity contribution >= 4 is 44.5 Å². The molecule has 3 aromatic rings. The second-order valence-corrected chi connectivity index (χ2v) is 6.73. The van der Waals surface area contributed by atoms with Gasteiger partial charge in [-0.05, 0) is 25.5 Å². The molecule has 0 fully saturated rings. The minimum Gasteiger partial charge on any atom is -0.397 e. The standard InChI is InChI=1S/C14H14N4OS2/c1-7-3-8(2)18-14-10(7)11(15)12(21-14)13(19)17-5-9-4-16-6-20-9/h3-4,6H,5,15H2,1-2H3,(H,17,19). The number of aryl methyl sites for hydroxylation is 2. The molecule has 3 aromatic heterocycles. The van der Waals surface area contributed by atoms with Crippen molar-refractivity contribution in [1.29, 1.82) is 0 Å². The van der Waals surface area contributed by atoms with Crippen molar-refractivity contribution in [2.24, 2.45) is 0 Å². The van der Waals surface area contributed by atoms with Gasteiger partial charge in [-0.15, -0.1) is 22.7 Å². The summed E-state index contributed by atoms with van der Waals surface area (Å²) in [6, 6.07) is 1.98. The van der Waals surface area contributed by atoms with Gasteiger partial charge in [0.25, 0.3) is 5.91 Å². The first-order chi connectivity index (χ1) is 10.1. The molecule has 3 rings (SSSR count). The summed E-state index contributed by atoms with van der Waals surface area (Å²) in [6.45, 7) is 4.38. The molecule has 0 bridgehead atoms. The summed E-state index contributed by atoms with van der Waals surface area (Å²) >= 11 is 2.84. The first-order valence-electron chi connectivity index (χ1n) is 6.38. The van der Waals surface area contributed by atoms with E-state index >= 15 is 0 Å². The number of rotatable bonds is 3. The molecule has 0 saturated heterocycles. The molecule has 0 unspecified atom stereocenters. The Morgan fingerprint density at radius 2 is 2.24 bits per heavy atom. The van der Waals surface area contributed by atoms with Gasteiger partial charge in [-0.2, -0.15) is 0 Å². The smallest absolute Gasteiger partial charge is 0.263 e. The topological polar surface area (TPSA) is 80.9 Å². The van der Waals surface area contributed by atoms with Crippen LogP contribution in [0.4, 0.5) is 5.69 Å². The van der Waals surface area contributed by atoms with Gasteiger partial charge in [-0.3, -0.25) is 9.78 Å². The highest BCUT2D eigenvalue weighted by Gasteiger charge is 2.18. The van der Waals surface area contributed by atoms with Crippen molar-refractivity contribution < 1.29 is 4.79 Å². The lowest BCUT2D eigenvalue weighted by molar-refractivity contribution is 0.0956. The van der Waals surface area contributed by atoms with Crippen molar-refractivity contribution in [3.63, 3.8) is 0 Å². The van der Waals surface area contributed by atoms with Crippen LogP contribution in [0.15, 0.2) is 17.8 Å². The van der Waals surface area contributed by atoms with Crippen LogP contribution in [0.25, 0.3) is 10.2 Å². The molecule has 0 aliphatic rings. The molecule has 0 saturated carbocycles. The third-order valence-corrected chi connectivity index (χ3v) is 5.01. The minimum absolute atomic E-state index is 0.166. The molecule has 108 valence electrons. The van der Waals surface area contributed by atoms with Crippen LogP contribution < -0.4 is 11.1 Å². The number of hydrogen-bond acceptors (Lipinski definition) is 6. The largest absolute Gasteiger partial charge is 0.397 e. The van der Waals surface area contributed by atoms with Crippen molar-refractivity contribution in [2.75, 3.05) is 5.73 Å². The van der Waals surface area contributed by atoms with E-state index in [1.54, 1.807) is 11.7 Å². The van der Waals surface area contributed by atoms with Crippen LogP contribution in [0.1, 0.15) is 25.8 Å². The van der Waals surface area contributed by atoms with Crippen LogP contribution in [0.5, 0.6) is 0 Å². The number of carbonyl (C=O) groups excluding carboxylic acids is 1. The Balaban J connectivity index is 1.91. The van der Waals surface area contributed by atoms with Crippen molar-refractivity contribution in [1.82, 2.24) is 15.3 Å². The summed E-state index contributed by atoms with van der Waals surface area (Å²) < 4.78 is 0. The Morgan fingerprint density at radius 3 is 2.95 bits per heavy atom. The molecule has 0 aliphatic heterocycles. The quantitative estimate of drug-likeness (QED) is 0.778. The normalized spacial score (nSPS) is 11.0. The summed E-state index contributed by atoms with van der Waals surface area (Å²) in [5.41, 5.74) is 10.4. The molecular formula is C14H14N4OS2. The molecule has 3 N–H and O–H groups in total. The lowest BCUT2D eigenvalue weighted by Gasteiger charge is -2.02. The fraction of sp³-hybridized carbons (Fsp3) is 0.214. The van der Waals surface area contributed by atoms with Gasteiger partial charge < -0.3 is 11.1 Å². The highest BCUT2D eigenvalue weighted by atomic mass is 32.1. The lowest BCUT2D eigenvalue weighted by atomic mass is 10.1. The Hall–Kier alpha value is -1.99. The number of hydrogen-bond donors (Lipinski definition) is 2. The number of nitrogen functional groups attached to an aromatic ring is 1. The minimum atomic E-state index is -0.166.